The highest BCUT2D eigenvalue weighted by atomic mass is 32.1. The highest BCUT2D eigenvalue weighted by Gasteiger charge is 2.26. The van der Waals surface area contributed by atoms with Crippen molar-refractivity contribution in [2.45, 2.75) is 0 Å². The molecule has 0 saturated carbocycles. The lowest BCUT2D eigenvalue weighted by atomic mass is 10.0. The summed E-state index contributed by atoms with van der Waals surface area (Å²) in [6.45, 7) is 0. The van der Waals surface area contributed by atoms with E-state index in [-0.39, 0.29) is 0 Å². The molecule has 0 fully saturated rings. The Labute approximate surface area is 306 Å². The molecule has 0 aliphatic carbocycles. The highest BCUT2D eigenvalue weighted by Crippen LogP contribution is 2.51. The maximum Gasteiger partial charge on any atom is 0.152 e. The van der Waals surface area contributed by atoms with E-state index in [1.807, 2.05) is 29.5 Å². The molecule has 0 unspecified atom stereocenters. The molecular weight excluding hydrogens is 653 g/mol. The molecule has 3 nitrogen and oxygen atoms in total. The van der Waals surface area contributed by atoms with Gasteiger partial charge in [-0.1, -0.05) is 115 Å². The topological polar surface area (TPSA) is 15.7 Å². The Hall–Kier alpha value is -6.62. The first-order chi connectivity index (χ1) is 25.8. The van der Waals surface area contributed by atoms with Crippen molar-refractivity contribution in [2.24, 2.45) is 0 Å². The molecule has 0 bridgehead atoms. The Morgan fingerprint density at radius 2 is 1.02 bits per heavy atom. The number of rotatable bonds is 6. The molecule has 0 saturated heterocycles. The van der Waals surface area contributed by atoms with Crippen LogP contribution >= 0.6 is 11.3 Å². The predicted octanol–water partition coefficient (Wildman–Crippen LogP) is 14.4. The van der Waals surface area contributed by atoms with Crippen molar-refractivity contribution in [2.75, 3.05) is 9.80 Å². The second-order valence-electron chi connectivity index (χ2n) is 13.0. The molecule has 0 N–H and O–H groups in total. The average molecular weight is 685 g/mol. The van der Waals surface area contributed by atoms with Crippen LogP contribution in [0.15, 0.2) is 194 Å². The summed E-state index contributed by atoms with van der Waals surface area (Å²) in [5.41, 5.74) is 11.2. The fourth-order valence-electron chi connectivity index (χ4n) is 7.38. The molecule has 9 aromatic rings. The molecule has 0 spiro atoms. The number of anilines is 6. The van der Waals surface area contributed by atoms with Crippen LogP contribution in [0.4, 0.5) is 34.1 Å². The van der Waals surface area contributed by atoms with E-state index in [0.29, 0.717) is 0 Å². The summed E-state index contributed by atoms with van der Waals surface area (Å²) in [5, 5.41) is 2.64. The van der Waals surface area contributed by atoms with Crippen molar-refractivity contribution in [3.05, 3.63) is 194 Å². The van der Waals surface area contributed by atoms with E-state index in [9.17, 15) is 0 Å². The van der Waals surface area contributed by atoms with E-state index < -0.39 is 0 Å². The van der Waals surface area contributed by atoms with Crippen molar-refractivity contribution >= 4 is 65.6 Å². The average Bonchev–Trinajstić information content (AvgIpc) is 3.60. The molecule has 1 aromatic heterocycles. The maximum atomic E-state index is 6.50. The Morgan fingerprint density at radius 1 is 0.423 bits per heavy atom. The van der Waals surface area contributed by atoms with Gasteiger partial charge in [0, 0.05) is 42.9 Å². The molecule has 246 valence electrons. The summed E-state index contributed by atoms with van der Waals surface area (Å²) in [5.74, 6) is 1.68. The van der Waals surface area contributed by atoms with Gasteiger partial charge in [-0.15, -0.1) is 11.3 Å². The number of para-hydroxylation sites is 4. The van der Waals surface area contributed by atoms with Gasteiger partial charge in [0.05, 0.1) is 11.4 Å². The zero-order valence-electron chi connectivity index (χ0n) is 28.2. The quantitative estimate of drug-likeness (QED) is 0.173. The molecule has 0 radical (unpaired) electrons. The van der Waals surface area contributed by atoms with Gasteiger partial charge >= 0.3 is 0 Å². The van der Waals surface area contributed by atoms with Crippen molar-refractivity contribution in [1.82, 2.24) is 0 Å². The van der Waals surface area contributed by atoms with E-state index in [1.165, 1.54) is 31.3 Å². The zero-order valence-corrected chi connectivity index (χ0v) is 29.0. The molecule has 4 heteroatoms. The molecule has 8 aromatic carbocycles. The lowest BCUT2D eigenvalue weighted by Crippen LogP contribution is -2.15. The van der Waals surface area contributed by atoms with E-state index in [2.05, 4.69) is 186 Å². The molecule has 52 heavy (non-hydrogen) atoms. The Bertz CT molecular complexity index is 2700. The van der Waals surface area contributed by atoms with Crippen LogP contribution in [-0.2, 0) is 0 Å². The lowest BCUT2D eigenvalue weighted by Gasteiger charge is -2.33. The van der Waals surface area contributed by atoms with Crippen molar-refractivity contribution in [3.8, 4) is 33.8 Å². The number of nitrogens with zero attached hydrogens (tertiary/aromatic N) is 2. The minimum absolute atomic E-state index is 0.835. The predicted molar refractivity (Wildman–Crippen MR) is 220 cm³/mol. The van der Waals surface area contributed by atoms with Crippen LogP contribution < -0.4 is 14.5 Å². The summed E-state index contributed by atoms with van der Waals surface area (Å²) < 4.78 is 9.15. The standard InChI is InChI=1S/C48H32N2OS/c1-3-12-36(13-4-1)49(39-29-24-34(25-30-39)40-17-11-18-42-41-16-7-10-21-47(41)52-48(40)42)38-27-22-33(23-28-38)35-26-31-44-46(32-35)51-45-20-9-8-19-43(45)50(44)37-14-5-2-6-15-37/h1-32H. The highest BCUT2D eigenvalue weighted by molar-refractivity contribution is 7.26. The smallest absolute Gasteiger partial charge is 0.152 e. The van der Waals surface area contributed by atoms with Crippen LogP contribution in [-0.4, -0.2) is 0 Å². The van der Waals surface area contributed by atoms with Crippen LogP contribution in [0.2, 0.25) is 0 Å². The van der Waals surface area contributed by atoms with E-state index in [0.717, 1.165) is 56.8 Å². The minimum atomic E-state index is 0.835. The lowest BCUT2D eigenvalue weighted by molar-refractivity contribution is 0.477. The third-order valence-corrected chi connectivity index (χ3v) is 11.1. The van der Waals surface area contributed by atoms with Crippen molar-refractivity contribution < 1.29 is 4.74 Å². The molecule has 0 atom stereocenters. The van der Waals surface area contributed by atoms with Gasteiger partial charge in [0.25, 0.3) is 0 Å². The van der Waals surface area contributed by atoms with Gasteiger partial charge in [0.2, 0.25) is 0 Å². The van der Waals surface area contributed by atoms with Crippen LogP contribution in [0.3, 0.4) is 0 Å². The third kappa shape index (κ3) is 5.20. The molecule has 1 aliphatic rings. The summed E-state index contributed by atoms with van der Waals surface area (Å²) in [7, 11) is 0. The molecule has 10 rings (SSSR count). The monoisotopic (exact) mass is 684 g/mol. The first-order valence-electron chi connectivity index (χ1n) is 17.5. The van der Waals surface area contributed by atoms with Gasteiger partial charge in [0.1, 0.15) is 0 Å². The molecular formula is C48H32N2OS. The SMILES string of the molecule is c1ccc(N(c2ccc(-c3ccc4c(c3)Oc3ccccc3N4c3ccccc3)cc2)c2ccc(-c3cccc4c3sc3ccccc34)cc2)cc1. The normalized spacial score (nSPS) is 12.0. The summed E-state index contributed by atoms with van der Waals surface area (Å²) in [6, 6.07) is 68.9. The Kier molecular flexibility index (Phi) is 7.33. The molecule has 0 amide bonds. The zero-order chi connectivity index (χ0) is 34.4. The summed E-state index contributed by atoms with van der Waals surface area (Å²) in [6.07, 6.45) is 0. The number of fused-ring (bicyclic) bond motifs is 5. The third-order valence-electron chi connectivity index (χ3n) is 9.86. The van der Waals surface area contributed by atoms with Crippen LogP contribution in [0.1, 0.15) is 0 Å². The second kappa shape index (κ2) is 12.6. The summed E-state index contributed by atoms with van der Waals surface area (Å²) in [4.78, 5) is 4.59. The van der Waals surface area contributed by atoms with Gasteiger partial charge in [-0.05, 0) is 101 Å². The van der Waals surface area contributed by atoms with E-state index >= 15 is 0 Å². The molecule has 2 heterocycles. The van der Waals surface area contributed by atoms with Gasteiger partial charge in [-0.2, -0.15) is 0 Å². The first kappa shape index (κ1) is 30.2. The van der Waals surface area contributed by atoms with Crippen molar-refractivity contribution in [3.63, 3.8) is 0 Å². The number of hydrogen-bond acceptors (Lipinski definition) is 4. The van der Waals surface area contributed by atoms with Gasteiger partial charge in [-0.3, -0.25) is 0 Å². The largest absolute Gasteiger partial charge is 0.453 e. The Morgan fingerprint density at radius 3 is 1.81 bits per heavy atom. The number of thiophene rings is 1. The number of benzene rings is 8. The second-order valence-corrected chi connectivity index (χ2v) is 14.0. The minimum Gasteiger partial charge on any atom is -0.453 e. The number of hydrogen-bond donors (Lipinski definition) is 0. The van der Waals surface area contributed by atoms with E-state index in [1.54, 1.807) is 0 Å². The van der Waals surface area contributed by atoms with Crippen LogP contribution in [0, 0.1) is 0 Å². The first-order valence-corrected chi connectivity index (χ1v) is 18.3. The van der Waals surface area contributed by atoms with Gasteiger partial charge in [-0.25, -0.2) is 0 Å². The summed E-state index contributed by atoms with van der Waals surface area (Å²) >= 11 is 1.87. The fourth-order valence-corrected chi connectivity index (χ4v) is 8.62. The van der Waals surface area contributed by atoms with Gasteiger partial charge < -0.3 is 14.5 Å². The molecule has 1 aliphatic heterocycles. The van der Waals surface area contributed by atoms with E-state index in [4.69, 9.17) is 4.74 Å². The Balaban J connectivity index is 0.990. The number of ether oxygens (including phenoxy) is 1. The van der Waals surface area contributed by atoms with Crippen molar-refractivity contribution in [1.29, 1.82) is 0 Å². The van der Waals surface area contributed by atoms with Gasteiger partial charge in [0.15, 0.2) is 11.5 Å². The fraction of sp³-hybridized carbons (Fsp3) is 0. The van der Waals surface area contributed by atoms with Crippen LogP contribution in [0.5, 0.6) is 11.5 Å². The van der Waals surface area contributed by atoms with Crippen LogP contribution in [0.25, 0.3) is 42.4 Å². The maximum absolute atomic E-state index is 6.50.